The Morgan fingerprint density at radius 3 is 2.50 bits per heavy atom. The molecule has 0 saturated heterocycles. The van der Waals surface area contributed by atoms with Gasteiger partial charge in [0, 0.05) is 20.1 Å². The molecule has 0 amide bonds. The summed E-state index contributed by atoms with van der Waals surface area (Å²) in [5, 5.41) is 16.6. The fourth-order valence-corrected chi connectivity index (χ4v) is 2.65. The summed E-state index contributed by atoms with van der Waals surface area (Å²) >= 11 is 0. The zero-order valence-electron chi connectivity index (χ0n) is 11.3. The lowest BCUT2D eigenvalue weighted by Crippen LogP contribution is -2.29. The van der Waals surface area contributed by atoms with Crippen molar-refractivity contribution < 1.29 is 13.3 Å². The van der Waals surface area contributed by atoms with E-state index in [4.69, 9.17) is 0 Å². The van der Waals surface area contributed by atoms with E-state index in [9.17, 15) is 18.5 Å². The summed E-state index contributed by atoms with van der Waals surface area (Å²) in [6.07, 6.45) is 0. The molecule has 0 saturated carbocycles. The number of benzene rings is 1. The van der Waals surface area contributed by atoms with Crippen molar-refractivity contribution in [3.05, 3.63) is 28.3 Å². The van der Waals surface area contributed by atoms with E-state index in [1.54, 1.807) is 32.2 Å². The van der Waals surface area contributed by atoms with Gasteiger partial charge < -0.3 is 10.6 Å². The fraction of sp³-hybridized carbons (Fsp3) is 0.455. The Morgan fingerprint density at radius 1 is 1.30 bits per heavy atom. The SMILES string of the molecule is CCNS(=O)(=O)CCNc1cccc(NC)c1[N+](=O)[O-]. The van der Waals surface area contributed by atoms with E-state index in [2.05, 4.69) is 15.4 Å². The Balaban J connectivity index is 2.81. The number of nitro benzene ring substituents is 1. The summed E-state index contributed by atoms with van der Waals surface area (Å²) in [5.41, 5.74) is 0.555. The van der Waals surface area contributed by atoms with Gasteiger partial charge in [-0.05, 0) is 12.1 Å². The Morgan fingerprint density at radius 2 is 1.95 bits per heavy atom. The van der Waals surface area contributed by atoms with Gasteiger partial charge in [-0.15, -0.1) is 0 Å². The highest BCUT2D eigenvalue weighted by Crippen LogP contribution is 2.32. The van der Waals surface area contributed by atoms with E-state index in [0.717, 1.165) is 0 Å². The van der Waals surface area contributed by atoms with E-state index in [-0.39, 0.29) is 23.7 Å². The van der Waals surface area contributed by atoms with Crippen LogP contribution in [-0.2, 0) is 10.0 Å². The number of hydrogen-bond acceptors (Lipinski definition) is 6. The average molecular weight is 302 g/mol. The number of sulfonamides is 1. The summed E-state index contributed by atoms with van der Waals surface area (Å²) in [6.45, 7) is 2.09. The van der Waals surface area contributed by atoms with Gasteiger partial charge in [-0.1, -0.05) is 13.0 Å². The maximum atomic E-state index is 11.5. The quantitative estimate of drug-likeness (QED) is 0.487. The first-order valence-corrected chi connectivity index (χ1v) is 7.73. The average Bonchev–Trinajstić information content (AvgIpc) is 2.37. The van der Waals surface area contributed by atoms with E-state index < -0.39 is 14.9 Å². The van der Waals surface area contributed by atoms with Crippen LogP contribution >= 0.6 is 0 Å². The van der Waals surface area contributed by atoms with Crippen molar-refractivity contribution in [2.45, 2.75) is 6.92 Å². The first-order valence-electron chi connectivity index (χ1n) is 6.07. The molecule has 0 aliphatic carbocycles. The second-order valence-corrected chi connectivity index (χ2v) is 5.88. The lowest BCUT2D eigenvalue weighted by Gasteiger charge is -2.10. The summed E-state index contributed by atoms with van der Waals surface area (Å²) in [4.78, 5) is 10.6. The van der Waals surface area contributed by atoms with Crippen molar-refractivity contribution >= 4 is 27.1 Å². The van der Waals surface area contributed by atoms with Crippen molar-refractivity contribution in [3.63, 3.8) is 0 Å². The lowest BCUT2D eigenvalue weighted by molar-refractivity contribution is -0.383. The van der Waals surface area contributed by atoms with Crippen LogP contribution in [0.15, 0.2) is 18.2 Å². The number of nitrogens with one attached hydrogen (secondary N) is 3. The van der Waals surface area contributed by atoms with Gasteiger partial charge in [0.05, 0.1) is 10.7 Å². The molecule has 1 rings (SSSR count). The predicted octanol–water partition coefficient (Wildman–Crippen LogP) is 0.988. The number of para-hydroxylation sites is 1. The van der Waals surface area contributed by atoms with Gasteiger partial charge in [0.1, 0.15) is 11.4 Å². The largest absolute Gasteiger partial charge is 0.382 e. The highest BCUT2D eigenvalue weighted by molar-refractivity contribution is 7.89. The summed E-state index contributed by atoms with van der Waals surface area (Å²) in [6, 6.07) is 4.78. The minimum Gasteiger partial charge on any atom is -0.382 e. The van der Waals surface area contributed by atoms with Gasteiger partial charge in [-0.2, -0.15) is 0 Å². The number of nitro groups is 1. The molecular weight excluding hydrogens is 284 g/mol. The van der Waals surface area contributed by atoms with Gasteiger partial charge in [0.25, 0.3) is 0 Å². The maximum absolute atomic E-state index is 11.5. The molecule has 0 aromatic heterocycles. The van der Waals surface area contributed by atoms with Gasteiger partial charge in [0.2, 0.25) is 10.0 Å². The van der Waals surface area contributed by atoms with Crippen LogP contribution in [0.1, 0.15) is 6.92 Å². The summed E-state index contributed by atoms with van der Waals surface area (Å²) in [7, 11) is -1.76. The molecule has 0 fully saturated rings. The molecule has 8 nitrogen and oxygen atoms in total. The van der Waals surface area contributed by atoms with Crippen LogP contribution in [0.5, 0.6) is 0 Å². The number of nitrogens with zero attached hydrogens (tertiary/aromatic N) is 1. The molecule has 3 N–H and O–H groups in total. The molecule has 0 aliphatic heterocycles. The van der Waals surface area contributed by atoms with Crippen LogP contribution in [0.25, 0.3) is 0 Å². The Kier molecular flexibility index (Phi) is 5.71. The van der Waals surface area contributed by atoms with E-state index in [1.165, 1.54) is 0 Å². The third kappa shape index (κ3) is 4.35. The minimum absolute atomic E-state index is 0.0866. The molecule has 0 heterocycles. The zero-order chi connectivity index (χ0) is 15.2. The number of hydrogen-bond donors (Lipinski definition) is 3. The standard InChI is InChI=1S/C11H18N4O4S/c1-3-14-20(18,19)8-7-13-10-6-4-5-9(12-2)11(10)15(16)17/h4-6,12-14H,3,7-8H2,1-2H3. The topological polar surface area (TPSA) is 113 Å². The Bertz CT molecular complexity index is 574. The predicted molar refractivity (Wildman–Crippen MR) is 78.6 cm³/mol. The minimum atomic E-state index is -3.35. The molecule has 0 bridgehead atoms. The highest BCUT2D eigenvalue weighted by Gasteiger charge is 2.19. The van der Waals surface area contributed by atoms with Gasteiger partial charge >= 0.3 is 5.69 Å². The molecule has 112 valence electrons. The zero-order valence-corrected chi connectivity index (χ0v) is 12.2. The number of rotatable bonds is 8. The lowest BCUT2D eigenvalue weighted by atomic mass is 10.2. The van der Waals surface area contributed by atoms with Crippen molar-refractivity contribution in [1.29, 1.82) is 0 Å². The summed E-state index contributed by atoms with van der Waals surface area (Å²) < 4.78 is 25.3. The Hall–Kier alpha value is -1.87. The number of anilines is 2. The molecule has 20 heavy (non-hydrogen) atoms. The van der Waals surface area contributed by atoms with Crippen LogP contribution in [0.4, 0.5) is 17.1 Å². The van der Waals surface area contributed by atoms with Crippen molar-refractivity contribution in [2.24, 2.45) is 0 Å². The van der Waals surface area contributed by atoms with Crippen LogP contribution < -0.4 is 15.4 Å². The molecule has 1 aromatic carbocycles. The first-order chi connectivity index (χ1) is 9.41. The van der Waals surface area contributed by atoms with Crippen LogP contribution in [0, 0.1) is 10.1 Å². The van der Waals surface area contributed by atoms with Gasteiger partial charge in [-0.25, -0.2) is 13.1 Å². The molecule has 0 aliphatic rings. The van der Waals surface area contributed by atoms with Crippen LogP contribution in [0.2, 0.25) is 0 Å². The monoisotopic (exact) mass is 302 g/mol. The van der Waals surface area contributed by atoms with Gasteiger partial charge in [0.15, 0.2) is 0 Å². The summed E-state index contributed by atoms with van der Waals surface area (Å²) in [5.74, 6) is -0.151. The maximum Gasteiger partial charge on any atom is 0.315 e. The first kappa shape index (κ1) is 16.2. The molecule has 9 heteroatoms. The molecule has 0 spiro atoms. The molecule has 0 unspecified atom stereocenters. The van der Waals surface area contributed by atoms with Crippen LogP contribution in [-0.4, -0.2) is 39.2 Å². The van der Waals surface area contributed by atoms with Crippen LogP contribution in [0.3, 0.4) is 0 Å². The van der Waals surface area contributed by atoms with E-state index >= 15 is 0 Å². The Labute approximate surface area is 117 Å². The van der Waals surface area contributed by atoms with E-state index in [1.807, 2.05) is 0 Å². The normalized spacial score (nSPS) is 11.1. The smallest absolute Gasteiger partial charge is 0.315 e. The molecular formula is C11H18N4O4S. The molecule has 1 aromatic rings. The van der Waals surface area contributed by atoms with Crippen molar-refractivity contribution in [3.8, 4) is 0 Å². The third-order valence-electron chi connectivity index (χ3n) is 2.54. The third-order valence-corrected chi connectivity index (χ3v) is 4.01. The fourth-order valence-electron chi connectivity index (χ4n) is 1.70. The molecule has 0 radical (unpaired) electrons. The van der Waals surface area contributed by atoms with E-state index in [0.29, 0.717) is 12.2 Å². The van der Waals surface area contributed by atoms with Crippen molar-refractivity contribution in [2.75, 3.05) is 36.5 Å². The highest BCUT2D eigenvalue weighted by atomic mass is 32.2. The second-order valence-electron chi connectivity index (χ2n) is 3.95. The van der Waals surface area contributed by atoms with Gasteiger partial charge in [-0.3, -0.25) is 10.1 Å². The molecule has 0 atom stereocenters. The van der Waals surface area contributed by atoms with Crippen molar-refractivity contribution in [1.82, 2.24) is 4.72 Å². The second kappa shape index (κ2) is 7.06.